The van der Waals surface area contributed by atoms with Crippen molar-refractivity contribution in [3.63, 3.8) is 0 Å². The van der Waals surface area contributed by atoms with Gasteiger partial charge in [0.1, 0.15) is 0 Å². The molecule has 2 N–H and O–H groups in total. The molecule has 17 heavy (non-hydrogen) atoms. The third-order valence-corrected chi connectivity index (χ3v) is 4.09. The monoisotopic (exact) mass is 242 g/mol. The third-order valence-electron chi connectivity index (χ3n) is 4.09. The van der Waals surface area contributed by atoms with E-state index in [1.165, 1.54) is 12.8 Å². The van der Waals surface area contributed by atoms with Gasteiger partial charge in [0, 0.05) is 31.3 Å². The molecular weight excluding hydrogens is 216 g/mol. The Kier molecular flexibility index (Phi) is 4.42. The third kappa shape index (κ3) is 2.99. The number of rotatable bonds is 3. The lowest BCUT2D eigenvalue weighted by Gasteiger charge is -2.49. The highest BCUT2D eigenvalue weighted by Crippen LogP contribution is 2.28. The summed E-state index contributed by atoms with van der Waals surface area (Å²) in [5, 5.41) is 0. The number of morpholine rings is 1. The fourth-order valence-corrected chi connectivity index (χ4v) is 3.13. The van der Waals surface area contributed by atoms with Crippen molar-refractivity contribution in [2.45, 2.75) is 38.3 Å². The first-order valence-corrected chi connectivity index (χ1v) is 6.77. The van der Waals surface area contributed by atoms with Crippen LogP contribution in [-0.4, -0.2) is 56.0 Å². The van der Waals surface area contributed by atoms with Crippen molar-refractivity contribution >= 4 is 0 Å². The van der Waals surface area contributed by atoms with Crippen LogP contribution in [0.5, 0.6) is 0 Å². The first-order chi connectivity index (χ1) is 8.15. The Morgan fingerprint density at radius 1 is 1.35 bits per heavy atom. The molecule has 2 fully saturated rings. The Morgan fingerprint density at radius 3 is 2.76 bits per heavy atom. The normalized spacial score (nSPS) is 32.3. The second kappa shape index (κ2) is 5.65. The summed E-state index contributed by atoms with van der Waals surface area (Å²) in [7, 11) is 0. The van der Waals surface area contributed by atoms with E-state index < -0.39 is 0 Å². The second-order valence-electron chi connectivity index (χ2n) is 5.84. The molecule has 0 aromatic rings. The average molecular weight is 242 g/mol. The van der Waals surface area contributed by atoms with Crippen molar-refractivity contribution in [3.05, 3.63) is 0 Å². The van der Waals surface area contributed by atoms with Crippen LogP contribution in [0.2, 0.25) is 0 Å². The van der Waals surface area contributed by atoms with Gasteiger partial charge in [0.2, 0.25) is 0 Å². The number of nitrogens with two attached hydrogens (primary N) is 1. The molecule has 100 valence electrons. The standard InChI is InChI=1S/C13H26N2O2/c1-13(2)10-17-7-5-15(13)12(8-14)11-4-3-6-16-9-11/h11-12H,3-10,14H2,1-2H3. The zero-order valence-corrected chi connectivity index (χ0v) is 11.2. The minimum atomic E-state index is 0.0970. The van der Waals surface area contributed by atoms with E-state index in [0.717, 1.165) is 39.5 Å². The summed E-state index contributed by atoms with van der Waals surface area (Å²) < 4.78 is 11.2. The quantitative estimate of drug-likeness (QED) is 0.797. The fraction of sp³-hybridized carbons (Fsp3) is 1.00. The largest absolute Gasteiger partial charge is 0.381 e. The summed E-state index contributed by atoms with van der Waals surface area (Å²) in [6, 6.07) is 0.439. The zero-order valence-electron chi connectivity index (χ0n) is 11.2. The molecule has 2 aliphatic rings. The van der Waals surface area contributed by atoms with Crippen LogP contribution < -0.4 is 5.73 Å². The van der Waals surface area contributed by atoms with Crippen LogP contribution in [-0.2, 0) is 9.47 Å². The molecule has 4 nitrogen and oxygen atoms in total. The Labute approximate surface area is 104 Å². The lowest BCUT2D eigenvalue weighted by molar-refractivity contribution is -0.0945. The Hall–Kier alpha value is -0.160. The number of nitrogens with zero attached hydrogens (tertiary/aromatic N) is 1. The molecule has 2 heterocycles. The Balaban J connectivity index is 2.04. The summed E-state index contributed by atoms with van der Waals surface area (Å²) in [6.45, 7) is 9.63. The molecule has 2 atom stereocenters. The van der Waals surface area contributed by atoms with Gasteiger partial charge in [-0.15, -0.1) is 0 Å². The van der Waals surface area contributed by atoms with E-state index in [1.807, 2.05) is 0 Å². The highest BCUT2D eigenvalue weighted by atomic mass is 16.5. The molecule has 0 spiro atoms. The van der Waals surface area contributed by atoms with Crippen molar-refractivity contribution in [2.24, 2.45) is 11.7 Å². The molecule has 0 saturated carbocycles. The van der Waals surface area contributed by atoms with Crippen molar-refractivity contribution in [3.8, 4) is 0 Å². The van der Waals surface area contributed by atoms with Crippen LogP contribution in [0.1, 0.15) is 26.7 Å². The van der Waals surface area contributed by atoms with E-state index in [-0.39, 0.29) is 5.54 Å². The van der Waals surface area contributed by atoms with Crippen molar-refractivity contribution in [1.82, 2.24) is 4.90 Å². The molecule has 2 rings (SSSR count). The molecule has 0 aromatic heterocycles. The minimum Gasteiger partial charge on any atom is -0.381 e. The summed E-state index contributed by atoms with van der Waals surface area (Å²) in [5.41, 5.74) is 6.11. The van der Waals surface area contributed by atoms with Gasteiger partial charge in [0.05, 0.1) is 19.8 Å². The molecule has 0 aromatic carbocycles. The number of hydrogen-bond acceptors (Lipinski definition) is 4. The number of ether oxygens (including phenoxy) is 2. The van der Waals surface area contributed by atoms with Gasteiger partial charge in [0.25, 0.3) is 0 Å². The van der Waals surface area contributed by atoms with Gasteiger partial charge in [-0.25, -0.2) is 0 Å². The molecule has 2 aliphatic heterocycles. The van der Waals surface area contributed by atoms with Crippen LogP contribution in [0.4, 0.5) is 0 Å². The SMILES string of the molecule is CC1(C)COCCN1C(CN)C1CCCOC1. The van der Waals surface area contributed by atoms with Crippen molar-refractivity contribution in [2.75, 3.05) is 39.5 Å². The minimum absolute atomic E-state index is 0.0970. The van der Waals surface area contributed by atoms with E-state index in [9.17, 15) is 0 Å². The maximum Gasteiger partial charge on any atom is 0.0645 e. The molecule has 2 unspecified atom stereocenters. The van der Waals surface area contributed by atoms with Gasteiger partial charge in [-0.2, -0.15) is 0 Å². The van der Waals surface area contributed by atoms with E-state index >= 15 is 0 Å². The topological polar surface area (TPSA) is 47.7 Å². The van der Waals surface area contributed by atoms with Gasteiger partial charge < -0.3 is 15.2 Å². The molecule has 0 radical (unpaired) electrons. The second-order valence-corrected chi connectivity index (χ2v) is 5.84. The lowest BCUT2D eigenvalue weighted by Crippen LogP contribution is -2.61. The maximum absolute atomic E-state index is 6.02. The predicted molar refractivity (Wildman–Crippen MR) is 68.0 cm³/mol. The first-order valence-electron chi connectivity index (χ1n) is 6.77. The summed E-state index contributed by atoms with van der Waals surface area (Å²) in [5.74, 6) is 0.589. The van der Waals surface area contributed by atoms with Crippen LogP contribution in [0.3, 0.4) is 0 Å². The Morgan fingerprint density at radius 2 is 2.18 bits per heavy atom. The summed E-state index contributed by atoms with van der Waals surface area (Å²) >= 11 is 0. The van der Waals surface area contributed by atoms with Crippen LogP contribution in [0.15, 0.2) is 0 Å². The molecule has 0 amide bonds. The smallest absolute Gasteiger partial charge is 0.0645 e. The van der Waals surface area contributed by atoms with E-state index in [1.54, 1.807) is 0 Å². The molecule has 2 saturated heterocycles. The average Bonchev–Trinajstić information content (AvgIpc) is 2.33. The predicted octanol–water partition coefficient (Wildman–Crippen LogP) is 0.851. The van der Waals surface area contributed by atoms with Crippen LogP contribution >= 0.6 is 0 Å². The zero-order chi connectivity index (χ0) is 12.3. The highest BCUT2D eigenvalue weighted by molar-refractivity contribution is 4.92. The first kappa shape index (κ1) is 13.3. The van der Waals surface area contributed by atoms with Gasteiger partial charge >= 0.3 is 0 Å². The molecular formula is C13H26N2O2. The summed E-state index contributed by atoms with van der Waals surface area (Å²) in [6.07, 6.45) is 2.42. The van der Waals surface area contributed by atoms with Crippen molar-refractivity contribution in [1.29, 1.82) is 0 Å². The maximum atomic E-state index is 6.02. The van der Waals surface area contributed by atoms with Crippen molar-refractivity contribution < 1.29 is 9.47 Å². The van der Waals surface area contributed by atoms with E-state index in [4.69, 9.17) is 15.2 Å². The van der Waals surface area contributed by atoms with E-state index in [0.29, 0.717) is 12.0 Å². The van der Waals surface area contributed by atoms with Gasteiger partial charge in [-0.1, -0.05) is 0 Å². The molecule has 4 heteroatoms. The van der Waals surface area contributed by atoms with Gasteiger partial charge in [-0.3, -0.25) is 4.90 Å². The lowest BCUT2D eigenvalue weighted by atomic mass is 9.88. The highest BCUT2D eigenvalue weighted by Gasteiger charge is 2.38. The number of hydrogen-bond donors (Lipinski definition) is 1. The molecule has 0 bridgehead atoms. The van der Waals surface area contributed by atoms with Crippen LogP contribution in [0.25, 0.3) is 0 Å². The van der Waals surface area contributed by atoms with Gasteiger partial charge in [0.15, 0.2) is 0 Å². The summed E-state index contributed by atoms with van der Waals surface area (Å²) in [4.78, 5) is 2.54. The van der Waals surface area contributed by atoms with E-state index in [2.05, 4.69) is 18.7 Å². The van der Waals surface area contributed by atoms with Gasteiger partial charge in [-0.05, 0) is 32.6 Å². The molecule has 0 aliphatic carbocycles. The van der Waals surface area contributed by atoms with Crippen LogP contribution in [0, 0.1) is 5.92 Å². The fourth-order valence-electron chi connectivity index (χ4n) is 3.13. The Bertz CT molecular complexity index is 240.